The van der Waals surface area contributed by atoms with Crippen LogP contribution in [-0.4, -0.2) is 74.7 Å². The molecule has 2 aromatic heterocycles. The van der Waals surface area contributed by atoms with Gasteiger partial charge in [0.25, 0.3) is 11.8 Å². The van der Waals surface area contributed by atoms with Crippen LogP contribution in [0.3, 0.4) is 0 Å². The SMILES string of the molecule is CO.COc1c(C(N)=O)ccc2c1nc(-c1c(F)cccc1C=O)n2CCn1c(-c2c(F)cccc2C(=O)O)nc2c(OC)c(C(N)=O)ccc21. The average molecular weight is 701 g/mol. The number of fused-ring (bicyclic) bond motifs is 2. The number of nitrogens with zero attached hydrogens (tertiary/aromatic N) is 4. The predicted molar refractivity (Wildman–Crippen MR) is 181 cm³/mol. The second-order valence-electron chi connectivity index (χ2n) is 10.7. The smallest absolute Gasteiger partial charge is 0.336 e. The van der Waals surface area contributed by atoms with Gasteiger partial charge < -0.3 is 40.3 Å². The number of hydrogen-bond donors (Lipinski definition) is 4. The Morgan fingerprint density at radius 2 is 1.18 bits per heavy atom. The molecule has 6 N–H and O–H groups in total. The topological polar surface area (TPSA) is 215 Å². The molecule has 2 heterocycles. The molecular formula is C35H30F2N6O8. The number of primary amides is 2. The Kier molecular flexibility index (Phi) is 10.1. The summed E-state index contributed by atoms with van der Waals surface area (Å²) in [7, 11) is 3.61. The van der Waals surface area contributed by atoms with Gasteiger partial charge in [-0.3, -0.25) is 14.4 Å². The molecule has 0 aliphatic rings. The Morgan fingerprint density at radius 1 is 0.725 bits per heavy atom. The maximum atomic E-state index is 15.6. The van der Waals surface area contributed by atoms with Gasteiger partial charge >= 0.3 is 5.97 Å². The number of carboxylic acid groups (broad SMARTS) is 1. The first kappa shape index (κ1) is 35.6. The summed E-state index contributed by atoms with van der Waals surface area (Å²) < 4.78 is 45.1. The standard InChI is InChI=1S/C34H26F2N6O7.CH4O/c1-48-28-18(30(37)44)9-11-22-26(28)39-32(24-16(15-43)5-3-7-20(24)35)41(22)13-14-42-23-12-10-19(31(38)45)29(49-2)27(23)40-33(42)25-17(34(46)47)6-4-8-21(25)36;1-2/h3-12,15H,13-14H2,1-2H3,(H2,37,44)(H2,38,45)(H,46,47);2H,1H3. The van der Waals surface area contributed by atoms with Gasteiger partial charge in [0, 0.05) is 25.8 Å². The number of nitrogens with two attached hydrogens (primary N) is 2. The van der Waals surface area contributed by atoms with Crippen molar-refractivity contribution in [3.8, 4) is 34.3 Å². The largest absolute Gasteiger partial charge is 0.494 e. The summed E-state index contributed by atoms with van der Waals surface area (Å²) in [5.41, 5.74) is 11.2. The lowest BCUT2D eigenvalue weighted by molar-refractivity contribution is 0.0696. The quantitative estimate of drug-likeness (QED) is 0.142. The number of ether oxygens (including phenoxy) is 2. The van der Waals surface area contributed by atoms with E-state index in [1.165, 1.54) is 67.3 Å². The minimum atomic E-state index is -1.42. The van der Waals surface area contributed by atoms with Gasteiger partial charge in [-0.1, -0.05) is 18.2 Å². The van der Waals surface area contributed by atoms with Crippen molar-refractivity contribution in [3.05, 3.63) is 94.6 Å². The number of carbonyl (C=O) groups excluding carboxylic acids is 3. The van der Waals surface area contributed by atoms with Crippen LogP contribution in [0.25, 0.3) is 44.8 Å². The van der Waals surface area contributed by atoms with E-state index in [0.29, 0.717) is 17.3 Å². The maximum absolute atomic E-state index is 15.6. The normalized spacial score (nSPS) is 10.9. The Balaban J connectivity index is 0.00000248. The number of aliphatic hydroxyl groups excluding tert-OH is 1. The van der Waals surface area contributed by atoms with Crippen LogP contribution in [-0.2, 0) is 13.1 Å². The summed E-state index contributed by atoms with van der Waals surface area (Å²) in [6.07, 6.45) is 0.476. The lowest BCUT2D eigenvalue weighted by Gasteiger charge is -2.15. The summed E-state index contributed by atoms with van der Waals surface area (Å²) in [5.74, 6) is -4.80. The van der Waals surface area contributed by atoms with Crippen LogP contribution >= 0.6 is 0 Å². The van der Waals surface area contributed by atoms with Gasteiger partial charge in [-0.15, -0.1) is 0 Å². The van der Waals surface area contributed by atoms with E-state index in [9.17, 15) is 24.3 Å². The number of hydrogen-bond acceptors (Lipinski definition) is 9. The van der Waals surface area contributed by atoms with Crippen LogP contribution in [0.5, 0.6) is 11.5 Å². The molecule has 4 aromatic carbocycles. The van der Waals surface area contributed by atoms with Crippen molar-refractivity contribution < 1.29 is 47.6 Å². The monoisotopic (exact) mass is 700 g/mol. The molecule has 0 saturated heterocycles. The van der Waals surface area contributed by atoms with Gasteiger partial charge in [0.2, 0.25) is 0 Å². The highest BCUT2D eigenvalue weighted by Gasteiger charge is 2.28. The molecule has 2 amide bonds. The minimum Gasteiger partial charge on any atom is -0.494 e. The average Bonchev–Trinajstić information content (AvgIpc) is 3.67. The fourth-order valence-electron chi connectivity index (χ4n) is 5.97. The number of aliphatic hydroxyl groups is 1. The van der Waals surface area contributed by atoms with Gasteiger partial charge in [-0.25, -0.2) is 23.5 Å². The number of rotatable bonds is 11. The van der Waals surface area contributed by atoms with Crippen molar-refractivity contribution in [2.75, 3.05) is 21.3 Å². The van der Waals surface area contributed by atoms with Crippen molar-refractivity contribution in [1.29, 1.82) is 0 Å². The number of benzene rings is 4. The number of carboxylic acids is 1. The van der Waals surface area contributed by atoms with Crippen molar-refractivity contribution in [2.24, 2.45) is 11.5 Å². The van der Waals surface area contributed by atoms with Crippen LogP contribution in [0.2, 0.25) is 0 Å². The van der Waals surface area contributed by atoms with E-state index < -0.39 is 29.4 Å². The lowest BCUT2D eigenvalue weighted by Crippen LogP contribution is -2.14. The molecule has 262 valence electrons. The zero-order valence-corrected chi connectivity index (χ0v) is 27.3. The van der Waals surface area contributed by atoms with Crippen molar-refractivity contribution in [2.45, 2.75) is 13.1 Å². The van der Waals surface area contributed by atoms with Gasteiger partial charge in [-0.05, 0) is 42.5 Å². The number of carbonyl (C=O) groups is 4. The number of imidazole rings is 2. The van der Waals surface area contributed by atoms with E-state index in [0.717, 1.165) is 19.2 Å². The number of halogens is 2. The summed E-state index contributed by atoms with van der Waals surface area (Å²) in [6.45, 7) is -0.145. The molecule has 0 saturated carbocycles. The molecule has 0 radical (unpaired) electrons. The molecule has 0 atom stereocenters. The molecule has 14 nitrogen and oxygen atoms in total. The zero-order valence-electron chi connectivity index (χ0n) is 27.3. The number of aryl methyl sites for hydroxylation is 2. The van der Waals surface area contributed by atoms with Crippen LogP contribution < -0.4 is 20.9 Å². The van der Waals surface area contributed by atoms with Gasteiger partial charge in [-0.2, -0.15) is 0 Å². The highest BCUT2D eigenvalue weighted by molar-refractivity contribution is 6.04. The highest BCUT2D eigenvalue weighted by atomic mass is 19.1. The fraction of sp³-hybridized carbons (Fsp3) is 0.143. The molecule has 0 bridgehead atoms. The predicted octanol–water partition coefficient (Wildman–Crippen LogP) is 4.03. The van der Waals surface area contributed by atoms with Crippen LogP contribution in [0.15, 0.2) is 60.7 Å². The molecule has 0 unspecified atom stereocenters. The van der Waals surface area contributed by atoms with Gasteiger partial charge in [0.1, 0.15) is 34.3 Å². The summed E-state index contributed by atoms with van der Waals surface area (Å²) in [5, 5.41) is 17.0. The first-order valence-corrected chi connectivity index (χ1v) is 15.0. The van der Waals surface area contributed by atoms with E-state index in [1.807, 2.05) is 0 Å². The van der Waals surface area contributed by atoms with E-state index in [-0.39, 0.29) is 80.7 Å². The van der Waals surface area contributed by atoms with Gasteiger partial charge in [0.15, 0.2) is 17.8 Å². The summed E-state index contributed by atoms with van der Waals surface area (Å²) in [6, 6.07) is 13.3. The first-order valence-electron chi connectivity index (χ1n) is 15.0. The molecular weight excluding hydrogens is 670 g/mol. The third-order valence-corrected chi connectivity index (χ3v) is 8.10. The maximum Gasteiger partial charge on any atom is 0.336 e. The van der Waals surface area contributed by atoms with Crippen molar-refractivity contribution in [3.63, 3.8) is 0 Å². The summed E-state index contributed by atoms with van der Waals surface area (Å²) in [4.78, 5) is 57.9. The highest BCUT2D eigenvalue weighted by Crippen LogP contribution is 2.38. The number of aromatic carboxylic acids is 1. The van der Waals surface area contributed by atoms with Crippen molar-refractivity contribution in [1.82, 2.24) is 19.1 Å². The number of aldehydes is 1. The minimum absolute atomic E-state index is 0.00759. The number of methoxy groups -OCH3 is 2. The number of aromatic nitrogens is 4. The second kappa shape index (κ2) is 14.4. The molecule has 6 rings (SSSR count). The Bertz CT molecular complexity index is 2370. The number of amides is 2. The van der Waals surface area contributed by atoms with E-state index >= 15 is 8.78 Å². The van der Waals surface area contributed by atoms with E-state index in [1.54, 1.807) is 4.57 Å². The molecule has 0 spiro atoms. The van der Waals surface area contributed by atoms with Crippen LogP contribution in [0.1, 0.15) is 41.4 Å². The third kappa shape index (κ3) is 6.08. The molecule has 51 heavy (non-hydrogen) atoms. The van der Waals surface area contributed by atoms with E-state index in [4.69, 9.17) is 26.0 Å². The molecule has 0 aliphatic carbocycles. The second-order valence-corrected chi connectivity index (χ2v) is 10.7. The first-order chi connectivity index (χ1) is 24.5. The summed E-state index contributed by atoms with van der Waals surface area (Å²) >= 11 is 0. The molecule has 16 heteroatoms. The van der Waals surface area contributed by atoms with Crippen LogP contribution in [0, 0.1) is 11.6 Å². The van der Waals surface area contributed by atoms with Gasteiger partial charge in [0.05, 0.1) is 53.1 Å². The zero-order chi connectivity index (χ0) is 37.1. The van der Waals surface area contributed by atoms with E-state index in [2.05, 4.69) is 9.97 Å². The Labute approximate surface area is 287 Å². The molecule has 0 fully saturated rings. The fourth-order valence-corrected chi connectivity index (χ4v) is 5.97. The Hall–Kier alpha value is -6.68. The van der Waals surface area contributed by atoms with Crippen molar-refractivity contribution >= 4 is 46.1 Å². The molecule has 6 aromatic rings. The Morgan fingerprint density at radius 3 is 1.61 bits per heavy atom. The molecule has 0 aliphatic heterocycles. The third-order valence-electron chi connectivity index (χ3n) is 8.10. The van der Waals surface area contributed by atoms with Crippen LogP contribution in [0.4, 0.5) is 8.78 Å². The lowest BCUT2D eigenvalue weighted by atomic mass is 10.1.